The summed E-state index contributed by atoms with van der Waals surface area (Å²) in [5.74, 6) is -0.0446. The van der Waals surface area contributed by atoms with E-state index >= 15 is 0 Å². The summed E-state index contributed by atoms with van der Waals surface area (Å²) in [5.41, 5.74) is 1.98. The van der Waals surface area contributed by atoms with Crippen LogP contribution in [0.3, 0.4) is 0 Å². The van der Waals surface area contributed by atoms with Crippen LogP contribution in [0.15, 0.2) is 59.5 Å². The Morgan fingerprint density at radius 3 is 2.71 bits per heavy atom. The van der Waals surface area contributed by atoms with Crippen LogP contribution in [0.4, 0.5) is 5.13 Å². The number of morpholine rings is 1. The van der Waals surface area contributed by atoms with Crippen molar-refractivity contribution in [1.29, 1.82) is 0 Å². The number of amides is 1. The quantitative estimate of drug-likeness (QED) is 0.362. The number of aromatic nitrogens is 1. The fourth-order valence-corrected chi connectivity index (χ4v) is 5.03. The molecule has 0 saturated carbocycles. The van der Waals surface area contributed by atoms with E-state index in [-0.39, 0.29) is 18.3 Å². The molecule has 0 atom stereocenters. The first-order valence-corrected chi connectivity index (χ1v) is 12.1. The molecule has 1 aliphatic heterocycles. The van der Waals surface area contributed by atoms with Gasteiger partial charge in [0.15, 0.2) is 5.13 Å². The zero-order chi connectivity index (χ0) is 20.8. The highest BCUT2D eigenvalue weighted by Crippen LogP contribution is 2.34. The third kappa shape index (κ3) is 6.08. The highest BCUT2D eigenvalue weighted by molar-refractivity contribution is 7.98. The fourth-order valence-electron chi connectivity index (χ4n) is 3.38. The van der Waals surface area contributed by atoms with E-state index in [0.29, 0.717) is 6.54 Å². The molecule has 0 aliphatic carbocycles. The standard InChI is InChI=1S/C23H25N3O2S2.ClH/c1-29-19-8-5-9-20-22(19)24-23(30-20)26(13-12-25-14-16-28-17-15-25)21(27)11-10-18-6-3-2-4-7-18;/h2-11H,12-17H2,1H3;1H. The van der Waals surface area contributed by atoms with Crippen molar-refractivity contribution in [2.75, 3.05) is 50.5 Å². The van der Waals surface area contributed by atoms with Crippen LogP contribution in [0.1, 0.15) is 5.56 Å². The highest BCUT2D eigenvalue weighted by atomic mass is 35.5. The van der Waals surface area contributed by atoms with Gasteiger partial charge in [-0.3, -0.25) is 14.6 Å². The first-order valence-electron chi connectivity index (χ1n) is 10.0. The highest BCUT2D eigenvalue weighted by Gasteiger charge is 2.20. The number of carbonyl (C=O) groups excluding carboxylic acids is 1. The maximum absolute atomic E-state index is 13.2. The number of anilines is 1. The van der Waals surface area contributed by atoms with Gasteiger partial charge in [0.25, 0.3) is 5.91 Å². The van der Waals surface area contributed by atoms with Crippen LogP contribution in [0.25, 0.3) is 16.3 Å². The summed E-state index contributed by atoms with van der Waals surface area (Å²) in [6, 6.07) is 16.1. The summed E-state index contributed by atoms with van der Waals surface area (Å²) in [7, 11) is 0. The van der Waals surface area contributed by atoms with E-state index in [2.05, 4.69) is 23.3 Å². The summed E-state index contributed by atoms with van der Waals surface area (Å²) in [6.07, 6.45) is 5.57. The number of rotatable bonds is 7. The van der Waals surface area contributed by atoms with Gasteiger partial charge in [-0.2, -0.15) is 0 Å². The first kappa shape index (κ1) is 23.8. The van der Waals surface area contributed by atoms with Gasteiger partial charge in [0.05, 0.1) is 23.4 Å². The third-order valence-electron chi connectivity index (χ3n) is 5.05. The van der Waals surface area contributed by atoms with Crippen molar-refractivity contribution < 1.29 is 9.53 Å². The third-order valence-corrected chi connectivity index (χ3v) is 6.86. The predicted molar refractivity (Wildman–Crippen MR) is 134 cm³/mol. The number of fused-ring (bicyclic) bond motifs is 1. The van der Waals surface area contributed by atoms with Crippen LogP contribution in [0.5, 0.6) is 0 Å². The Hall–Kier alpha value is -1.90. The molecule has 0 bridgehead atoms. The molecular formula is C23H26ClN3O2S2. The molecule has 3 aromatic rings. The normalized spacial score (nSPS) is 14.6. The SMILES string of the molecule is CSc1cccc2sc(N(CCN3CCOCC3)C(=O)C=Cc3ccccc3)nc12.Cl. The lowest BCUT2D eigenvalue weighted by Crippen LogP contribution is -2.42. The van der Waals surface area contributed by atoms with Crippen molar-refractivity contribution in [3.05, 3.63) is 60.2 Å². The second-order valence-corrected chi connectivity index (χ2v) is 8.85. The van der Waals surface area contributed by atoms with Crippen molar-refractivity contribution in [3.8, 4) is 0 Å². The van der Waals surface area contributed by atoms with Crippen molar-refractivity contribution >= 4 is 62.8 Å². The summed E-state index contributed by atoms with van der Waals surface area (Å²) in [6.45, 7) is 4.71. The molecule has 2 heterocycles. The number of benzene rings is 2. The molecule has 1 fully saturated rings. The van der Waals surface area contributed by atoms with E-state index in [1.807, 2.05) is 47.4 Å². The molecule has 8 heteroatoms. The van der Waals surface area contributed by atoms with Crippen LogP contribution >= 0.6 is 35.5 Å². The van der Waals surface area contributed by atoms with E-state index in [0.717, 1.165) is 58.7 Å². The molecule has 1 saturated heterocycles. The monoisotopic (exact) mass is 475 g/mol. The zero-order valence-corrected chi connectivity index (χ0v) is 19.8. The number of hydrogen-bond acceptors (Lipinski definition) is 6. The number of hydrogen-bond donors (Lipinski definition) is 0. The molecule has 31 heavy (non-hydrogen) atoms. The number of thiazole rings is 1. The number of carbonyl (C=O) groups is 1. The number of nitrogens with zero attached hydrogens (tertiary/aromatic N) is 3. The van der Waals surface area contributed by atoms with Crippen molar-refractivity contribution in [2.24, 2.45) is 0 Å². The molecule has 2 aromatic carbocycles. The molecule has 1 aromatic heterocycles. The average Bonchev–Trinajstić information content (AvgIpc) is 3.23. The minimum Gasteiger partial charge on any atom is -0.379 e. The lowest BCUT2D eigenvalue weighted by Gasteiger charge is -2.28. The van der Waals surface area contributed by atoms with Gasteiger partial charge in [-0.25, -0.2) is 4.98 Å². The molecule has 1 amide bonds. The topological polar surface area (TPSA) is 45.7 Å². The molecular weight excluding hydrogens is 450 g/mol. The molecule has 0 unspecified atom stereocenters. The van der Waals surface area contributed by atoms with Crippen molar-refractivity contribution in [1.82, 2.24) is 9.88 Å². The van der Waals surface area contributed by atoms with Gasteiger partial charge in [-0.1, -0.05) is 47.7 Å². The maximum atomic E-state index is 13.2. The van der Waals surface area contributed by atoms with Gasteiger partial charge < -0.3 is 4.74 Å². The predicted octanol–water partition coefficient (Wildman–Crippen LogP) is 4.82. The zero-order valence-electron chi connectivity index (χ0n) is 17.4. The minimum atomic E-state index is -0.0446. The Balaban J connectivity index is 0.00000272. The van der Waals surface area contributed by atoms with E-state index < -0.39 is 0 Å². The van der Waals surface area contributed by atoms with Crippen LogP contribution in [-0.2, 0) is 9.53 Å². The maximum Gasteiger partial charge on any atom is 0.252 e. The Kier molecular flexibility index (Phi) is 8.92. The van der Waals surface area contributed by atoms with Gasteiger partial charge in [-0.15, -0.1) is 24.2 Å². The minimum absolute atomic E-state index is 0. The van der Waals surface area contributed by atoms with Gasteiger partial charge in [-0.05, 0) is 30.0 Å². The molecule has 0 N–H and O–H groups in total. The molecule has 0 radical (unpaired) electrons. The Morgan fingerprint density at radius 1 is 1.19 bits per heavy atom. The Bertz CT molecular complexity index is 1020. The summed E-state index contributed by atoms with van der Waals surface area (Å²) in [5, 5.41) is 0.752. The van der Waals surface area contributed by atoms with Crippen LogP contribution < -0.4 is 4.90 Å². The molecule has 1 aliphatic rings. The molecule has 5 nitrogen and oxygen atoms in total. The van der Waals surface area contributed by atoms with E-state index in [4.69, 9.17) is 9.72 Å². The van der Waals surface area contributed by atoms with Crippen molar-refractivity contribution in [2.45, 2.75) is 4.90 Å². The number of para-hydroxylation sites is 1. The summed E-state index contributed by atoms with van der Waals surface area (Å²) < 4.78 is 6.55. The largest absolute Gasteiger partial charge is 0.379 e. The van der Waals surface area contributed by atoms with Crippen LogP contribution in [0.2, 0.25) is 0 Å². The number of thioether (sulfide) groups is 1. The fraction of sp³-hybridized carbons (Fsp3) is 0.304. The molecule has 164 valence electrons. The average molecular weight is 476 g/mol. The smallest absolute Gasteiger partial charge is 0.252 e. The van der Waals surface area contributed by atoms with Gasteiger partial charge >= 0.3 is 0 Å². The van der Waals surface area contributed by atoms with E-state index in [9.17, 15) is 4.79 Å². The van der Waals surface area contributed by atoms with Crippen molar-refractivity contribution in [3.63, 3.8) is 0 Å². The first-order chi connectivity index (χ1) is 14.7. The van der Waals surface area contributed by atoms with Crippen LogP contribution in [0, 0.1) is 0 Å². The Morgan fingerprint density at radius 2 is 1.97 bits per heavy atom. The Labute approximate surface area is 197 Å². The van der Waals surface area contributed by atoms with Gasteiger partial charge in [0.2, 0.25) is 0 Å². The second kappa shape index (κ2) is 11.6. The van der Waals surface area contributed by atoms with Gasteiger partial charge in [0.1, 0.15) is 0 Å². The van der Waals surface area contributed by atoms with E-state index in [1.165, 1.54) is 0 Å². The molecule has 0 spiro atoms. The van der Waals surface area contributed by atoms with Crippen LogP contribution in [-0.4, -0.2) is 61.4 Å². The second-order valence-electron chi connectivity index (χ2n) is 6.99. The lowest BCUT2D eigenvalue weighted by molar-refractivity contribution is -0.114. The summed E-state index contributed by atoms with van der Waals surface area (Å²) in [4.78, 5) is 23.3. The summed E-state index contributed by atoms with van der Waals surface area (Å²) >= 11 is 3.26. The molecule has 4 rings (SSSR count). The number of ether oxygens (including phenoxy) is 1. The van der Waals surface area contributed by atoms with E-state index in [1.54, 1.807) is 29.2 Å². The van der Waals surface area contributed by atoms with Gasteiger partial charge in [0, 0.05) is 37.2 Å². The lowest BCUT2D eigenvalue weighted by atomic mass is 10.2. The number of halogens is 1.